The van der Waals surface area contributed by atoms with Crippen LogP contribution in [-0.4, -0.2) is 50.8 Å². The highest BCUT2D eigenvalue weighted by Gasteiger charge is 2.26. The summed E-state index contributed by atoms with van der Waals surface area (Å²) < 4.78 is 5.20. The maximum atomic E-state index is 5.20. The molecule has 1 aliphatic heterocycles. The second-order valence-electron chi connectivity index (χ2n) is 6.45. The Kier molecular flexibility index (Phi) is 5.90. The molecule has 0 aromatic heterocycles. The maximum Gasteiger partial charge on any atom is 0.0467 e. The number of rotatable bonds is 6. The van der Waals surface area contributed by atoms with E-state index in [1.54, 1.807) is 7.11 Å². The lowest BCUT2D eigenvalue weighted by atomic mass is 9.88. The van der Waals surface area contributed by atoms with Gasteiger partial charge >= 0.3 is 0 Å². The van der Waals surface area contributed by atoms with Crippen LogP contribution in [0.2, 0.25) is 0 Å². The van der Waals surface area contributed by atoms with Gasteiger partial charge in [-0.3, -0.25) is 4.90 Å². The second kappa shape index (κ2) is 6.72. The van der Waals surface area contributed by atoms with E-state index in [0.29, 0.717) is 11.5 Å². The number of hydrogen-bond donors (Lipinski definition) is 1. The topological polar surface area (TPSA) is 24.5 Å². The molecule has 1 fully saturated rings. The van der Waals surface area contributed by atoms with Crippen LogP contribution in [0.4, 0.5) is 0 Å². The summed E-state index contributed by atoms with van der Waals surface area (Å²) in [4.78, 5) is 2.61. The number of nitrogens with one attached hydrogen (secondary N) is 1. The van der Waals surface area contributed by atoms with E-state index in [2.05, 4.69) is 37.9 Å². The molecular formula is C14H30N2O. The fourth-order valence-corrected chi connectivity index (χ4v) is 2.49. The van der Waals surface area contributed by atoms with Crippen molar-refractivity contribution < 1.29 is 4.74 Å². The third-order valence-corrected chi connectivity index (χ3v) is 3.73. The van der Waals surface area contributed by atoms with Crippen LogP contribution in [0.3, 0.4) is 0 Å². The fourth-order valence-electron chi connectivity index (χ4n) is 2.49. The van der Waals surface area contributed by atoms with E-state index in [9.17, 15) is 0 Å². The lowest BCUT2D eigenvalue weighted by molar-refractivity contribution is 0.0926. The predicted molar refractivity (Wildman–Crippen MR) is 73.3 cm³/mol. The van der Waals surface area contributed by atoms with E-state index < -0.39 is 0 Å². The Labute approximate surface area is 107 Å². The first-order chi connectivity index (χ1) is 7.94. The molecule has 1 N–H and O–H groups in total. The van der Waals surface area contributed by atoms with Crippen molar-refractivity contribution in [3.8, 4) is 0 Å². The standard InChI is InChI=1S/C14H30N2O/c1-12(2)13-10-16(8-7-15-13)11-14(3,4)6-9-17-5/h12-13,15H,6-11H2,1-5H3. The molecule has 0 spiro atoms. The van der Waals surface area contributed by atoms with E-state index in [1.165, 1.54) is 19.6 Å². The molecule has 1 heterocycles. The molecule has 0 aromatic rings. The summed E-state index contributed by atoms with van der Waals surface area (Å²) >= 11 is 0. The van der Waals surface area contributed by atoms with Crippen molar-refractivity contribution >= 4 is 0 Å². The van der Waals surface area contributed by atoms with E-state index in [-0.39, 0.29) is 0 Å². The largest absolute Gasteiger partial charge is 0.385 e. The molecule has 1 aliphatic rings. The van der Waals surface area contributed by atoms with Crippen molar-refractivity contribution in [3.05, 3.63) is 0 Å². The molecule has 0 bridgehead atoms. The zero-order chi connectivity index (χ0) is 12.9. The Morgan fingerprint density at radius 3 is 2.71 bits per heavy atom. The van der Waals surface area contributed by atoms with Gasteiger partial charge in [-0.2, -0.15) is 0 Å². The van der Waals surface area contributed by atoms with Gasteiger partial charge in [0.25, 0.3) is 0 Å². The van der Waals surface area contributed by atoms with Gasteiger partial charge in [0.1, 0.15) is 0 Å². The average molecular weight is 242 g/mol. The summed E-state index contributed by atoms with van der Waals surface area (Å²) in [6.07, 6.45) is 1.14. The normalized spacial score (nSPS) is 23.3. The molecule has 1 unspecified atom stereocenters. The van der Waals surface area contributed by atoms with Gasteiger partial charge in [-0.1, -0.05) is 27.7 Å². The molecule has 17 heavy (non-hydrogen) atoms. The molecule has 3 heteroatoms. The van der Waals surface area contributed by atoms with Crippen molar-refractivity contribution in [1.82, 2.24) is 10.2 Å². The minimum Gasteiger partial charge on any atom is -0.385 e. The van der Waals surface area contributed by atoms with Crippen molar-refractivity contribution in [1.29, 1.82) is 0 Å². The van der Waals surface area contributed by atoms with Crippen LogP contribution in [-0.2, 0) is 4.74 Å². The highest BCUT2D eigenvalue weighted by atomic mass is 16.5. The van der Waals surface area contributed by atoms with Crippen LogP contribution in [0.5, 0.6) is 0 Å². The van der Waals surface area contributed by atoms with Crippen molar-refractivity contribution in [2.45, 2.75) is 40.2 Å². The quantitative estimate of drug-likeness (QED) is 0.771. The van der Waals surface area contributed by atoms with Crippen molar-refractivity contribution in [3.63, 3.8) is 0 Å². The highest BCUT2D eigenvalue weighted by molar-refractivity contribution is 4.84. The summed E-state index contributed by atoms with van der Waals surface area (Å²) in [7, 11) is 1.79. The molecule has 1 rings (SSSR count). The van der Waals surface area contributed by atoms with Crippen LogP contribution >= 0.6 is 0 Å². The summed E-state index contributed by atoms with van der Waals surface area (Å²) in [6.45, 7) is 14.8. The fraction of sp³-hybridized carbons (Fsp3) is 1.00. The van der Waals surface area contributed by atoms with Crippen molar-refractivity contribution in [2.24, 2.45) is 11.3 Å². The van der Waals surface area contributed by atoms with Crippen LogP contribution < -0.4 is 5.32 Å². The third kappa shape index (κ3) is 5.36. The van der Waals surface area contributed by atoms with Crippen LogP contribution in [0.15, 0.2) is 0 Å². The zero-order valence-corrected chi connectivity index (χ0v) is 12.3. The van der Waals surface area contributed by atoms with Gasteiger partial charge in [-0.15, -0.1) is 0 Å². The molecule has 1 saturated heterocycles. The Morgan fingerprint density at radius 2 is 2.12 bits per heavy atom. The molecule has 102 valence electrons. The van der Waals surface area contributed by atoms with Gasteiger partial charge < -0.3 is 10.1 Å². The number of ether oxygens (including phenoxy) is 1. The minimum absolute atomic E-state index is 0.356. The van der Waals surface area contributed by atoms with E-state index in [4.69, 9.17) is 4.74 Å². The molecule has 0 saturated carbocycles. The monoisotopic (exact) mass is 242 g/mol. The minimum atomic E-state index is 0.356. The van der Waals surface area contributed by atoms with Gasteiger partial charge in [0.15, 0.2) is 0 Å². The van der Waals surface area contributed by atoms with E-state index in [1.807, 2.05) is 0 Å². The SMILES string of the molecule is COCCC(C)(C)CN1CCNC(C(C)C)C1. The lowest BCUT2D eigenvalue weighted by Crippen LogP contribution is -2.54. The Bertz CT molecular complexity index is 216. The molecule has 0 amide bonds. The number of nitrogens with zero attached hydrogens (tertiary/aromatic N) is 1. The molecule has 1 atom stereocenters. The number of piperazine rings is 1. The molecule has 0 aromatic carbocycles. The summed E-state index contributed by atoms with van der Waals surface area (Å²) in [5, 5.41) is 3.61. The first-order valence-corrected chi connectivity index (χ1v) is 6.89. The van der Waals surface area contributed by atoms with Gasteiger partial charge in [-0.25, -0.2) is 0 Å². The van der Waals surface area contributed by atoms with Gasteiger partial charge in [0.05, 0.1) is 0 Å². The van der Waals surface area contributed by atoms with Crippen molar-refractivity contribution in [2.75, 3.05) is 39.9 Å². The number of methoxy groups -OCH3 is 1. The molecule has 0 radical (unpaired) electrons. The first-order valence-electron chi connectivity index (χ1n) is 6.89. The number of hydrogen-bond acceptors (Lipinski definition) is 3. The maximum absolute atomic E-state index is 5.20. The Hall–Kier alpha value is -0.120. The van der Waals surface area contributed by atoms with Gasteiger partial charge in [-0.05, 0) is 17.8 Å². The molecular weight excluding hydrogens is 212 g/mol. The highest BCUT2D eigenvalue weighted by Crippen LogP contribution is 2.23. The molecule has 0 aliphatic carbocycles. The second-order valence-corrected chi connectivity index (χ2v) is 6.45. The van der Waals surface area contributed by atoms with Crippen LogP contribution in [0, 0.1) is 11.3 Å². The zero-order valence-electron chi connectivity index (χ0n) is 12.3. The lowest BCUT2D eigenvalue weighted by Gasteiger charge is -2.39. The van der Waals surface area contributed by atoms with E-state index >= 15 is 0 Å². The van der Waals surface area contributed by atoms with Crippen LogP contribution in [0.25, 0.3) is 0 Å². The average Bonchev–Trinajstić information content (AvgIpc) is 2.26. The van der Waals surface area contributed by atoms with E-state index in [0.717, 1.165) is 25.5 Å². The van der Waals surface area contributed by atoms with Gasteiger partial charge in [0.2, 0.25) is 0 Å². The van der Waals surface area contributed by atoms with Gasteiger partial charge in [0, 0.05) is 45.9 Å². The predicted octanol–water partition coefficient (Wildman–Crippen LogP) is 1.98. The van der Waals surface area contributed by atoms with Crippen LogP contribution in [0.1, 0.15) is 34.1 Å². The Balaban J connectivity index is 2.39. The molecule has 3 nitrogen and oxygen atoms in total. The Morgan fingerprint density at radius 1 is 1.41 bits per heavy atom. The summed E-state index contributed by atoms with van der Waals surface area (Å²) in [5.41, 5.74) is 0.356. The summed E-state index contributed by atoms with van der Waals surface area (Å²) in [6, 6.07) is 0.655. The smallest absolute Gasteiger partial charge is 0.0467 e. The third-order valence-electron chi connectivity index (χ3n) is 3.73. The summed E-state index contributed by atoms with van der Waals surface area (Å²) in [5.74, 6) is 0.722. The first kappa shape index (κ1) is 14.9.